The van der Waals surface area contributed by atoms with Crippen LogP contribution in [-0.2, 0) is 24.1 Å². The Balaban J connectivity index is 1.43. The van der Waals surface area contributed by atoms with Gasteiger partial charge in [-0.2, -0.15) is 0 Å². The fourth-order valence-corrected chi connectivity index (χ4v) is 4.51. The van der Waals surface area contributed by atoms with Gasteiger partial charge in [0.25, 0.3) is 0 Å². The number of fused-ring (bicyclic) bond motifs is 1. The van der Waals surface area contributed by atoms with Crippen molar-refractivity contribution < 1.29 is 19.4 Å². The average Bonchev–Trinajstić information content (AvgIpc) is 3.30. The van der Waals surface area contributed by atoms with E-state index in [4.69, 9.17) is 4.74 Å². The lowest BCUT2D eigenvalue weighted by Gasteiger charge is -2.26. The van der Waals surface area contributed by atoms with Crippen LogP contribution in [0.2, 0.25) is 0 Å². The molecule has 0 heterocycles. The number of carboxylic acids is 1. The number of carbonyl (C=O) groups excluding carboxylic acids is 1. The Morgan fingerprint density at radius 2 is 1.86 bits per heavy atom. The molecule has 1 N–H and O–H groups in total. The molecule has 0 aliphatic heterocycles. The van der Waals surface area contributed by atoms with Crippen molar-refractivity contribution in [2.75, 3.05) is 0 Å². The molecule has 2 aromatic rings. The third kappa shape index (κ3) is 3.68. The van der Waals surface area contributed by atoms with Crippen molar-refractivity contribution in [2.45, 2.75) is 57.5 Å². The van der Waals surface area contributed by atoms with Crippen LogP contribution in [0, 0.1) is 5.92 Å². The Kier molecular flexibility index (Phi) is 4.96. The van der Waals surface area contributed by atoms with Crippen LogP contribution in [0.5, 0.6) is 5.75 Å². The Hall–Kier alpha value is -2.62. The van der Waals surface area contributed by atoms with E-state index in [9.17, 15) is 14.7 Å². The number of hydrogen-bond acceptors (Lipinski definition) is 3. The molecule has 2 aromatic carbocycles. The second-order valence-corrected chi connectivity index (χ2v) is 8.33. The summed E-state index contributed by atoms with van der Waals surface area (Å²) in [6, 6.07) is 13.3. The summed E-state index contributed by atoms with van der Waals surface area (Å²) in [6.45, 7) is 2.06. The highest BCUT2D eigenvalue weighted by molar-refractivity contribution is 5.97. The molecule has 2 atom stereocenters. The van der Waals surface area contributed by atoms with Gasteiger partial charge < -0.3 is 9.84 Å². The highest BCUT2D eigenvalue weighted by Gasteiger charge is 2.46. The lowest BCUT2D eigenvalue weighted by atomic mass is 9.99. The molecule has 0 aromatic heterocycles. The quantitative estimate of drug-likeness (QED) is 0.745. The predicted octanol–water partition coefficient (Wildman–Crippen LogP) is 4.62. The summed E-state index contributed by atoms with van der Waals surface area (Å²) in [4.78, 5) is 24.4. The molecule has 0 amide bonds. The topological polar surface area (TPSA) is 63.6 Å². The van der Waals surface area contributed by atoms with E-state index in [2.05, 4.69) is 13.0 Å². The summed E-state index contributed by atoms with van der Waals surface area (Å²) in [5.74, 6) is 0.105. The van der Waals surface area contributed by atoms with E-state index in [0.717, 1.165) is 30.4 Å². The molecule has 1 saturated carbocycles. The van der Waals surface area contributed by atoms with Crippen molar-refractivity contribution in [2.24, 2.45) is 5.92 Å². The van der Waals surface area contributed by atoms with Gasteiger partial charge in [0.1, 0.15) is 5.75 Å². The first-order valence-electron chi connectivity index (χ1n) is 10.1. The van der Waals surface area contributed by atoms with Crippen molar-refractivity contribution >= 4 is 11.8 Å². The number of carboxylic acid groups (broad SMARTS) is 1. The first-order valence-corrected chi connectivity index (χ1v) is 10.1. The van der Waals surface area contributed by atoms with Crippen LogP contribution in [-0.4, -0.2) is 22.5 Å². The highest BCUT2D eigenvalue weighted by atomic mass is 16.5. The fraction of sp³-hybridized carbons (Fsp3) is 0.417. The molecule has 0 bridgehead atoms. The van der Waals surface area contributed by atoms with Crippen LogP contribution < -0.4 is 4.74 Å². The number of benzene rings is 2. The number of ether oxygens (including phenoxy) is 1. The van der Waals surface area contributed by atoms with Gasteiger partial charge in [0, 0.05) is 18.4 Å². The second-order valence-electron chi connectivity index (χ2n) is 8.33. The highest BCUT2D eigenvalue weighted by Crippen LogP contribution is 2.38. The molecular formula is C24H26O4. The molecular weight excluding hydrogens is 352 g/mol. The molecule has 1 fully saturated rings. The lowest BCUT2D eigenvalue weighted by Crippen LogP contribution is -2.42. The maximum Gasteiger partial charge on any atom is 0.348 e. The standard InChI is InChI=1S/C24H26O4/c1-16-11-12-24(15-16,23(26)27)28-21-9-5-17(6-10-21)13-22(25)20-8-7-18-3-2-4-19(18)14-20/h5-10,14,16H,2-4,11-13,15H2,1H3,(H,26,27). The maximum atomic E-state index is 12.6. The minimum atomic E-state index is -1.12. The van der Waals surface area contributed by atoms with Crippen molar-refractivity contribution in [1.82, 2.24) is 0 Å². The first-order chi connectivity index (χ1) is 13.4. The molecule has 146 valence electrons. The van der Waals surface area contributed by atoms with Gasteiger partial charge in [-0.15, -0.1) is 0 Å². The smallest absolute Gasteiger partial charge is 0.348 e. The van der Waals surface area contributed by atoms with Gasteiger partial charge >= 0.3 is 5.97 Å². The maximum absolute atomic E-state index is 12.6. The summed E-state index contributed by atoms with van der Waals surface area (Å²) < 4.78 is 5.91. The molecule has 0 radical (unpaired) electrons. The van der Waals surface area contributed by atoms with Crippen LogP contribution in [0.1, 0.15) is 59.7 Å². The summed E-state index contributed by atoms with van der Waals surface area (Å²) in [6.07, 6.45) is 5.60. The van der Waals surface area contributed by atoms with Crippen LogP contribution in [0.3, 0.4) is 0 Å². The molecule has 2 aliphatic carbocycles. The Morgan fingerprint density at radius 3 is 2.54 bits per heavy atom. The fourth-order valence-electron chi connectivity index (χ4n) is 4.51. The number of hydrogen-bond donors (Lipinski definition) is 1. The van der Waals surface area contributed by atoms with E-state index in [1.807, 2.05) is 24.3 Å². The number of aliphatic carboxylic acids is 1. The SMILES string of the molecule is CC1CCC(Oc2ccc(CC(=O)c3ccc4c(c3)CCC4)cc2)(C(=O)O)C1. The monoisotopic (exact) mass is 378 g/mol. The van der Waals surface area contributed by atoms with Gasteiger partial charge in [0.2, 0.25) is 5.60 Å². The number of ketones is 1. The van der Waals surface area contributed by atoms with Gasteiger partial charge in [-0.1, -0.05) is 31.2 Å². The van der Waals surface area contributed by atoms with Crippen molar-refractivity contribution in [3.8, 4) is 5.75 Å². The van der Waals surface area contributed by atoms with E-state index in [-0.39, 0.29) is 5.78 Å². The van der Waals surface area contributed by atoms with Gasteiger partial charge in [0.05, 0.1) is 0 Å². The molecule has 4 nitrogen and oxygen atoms in total. The Labute approximate surface area is 165 Å². The van der Waals surface area contributed by atoms with E-state index >= 15 is 0 Å². The third-order valence-electron chi connectivity index (χ3n) is 6.13. The summed E-state index contributed by atoms with van der Waals surface area (Å²) in [5, 5.41) is 9.64. The van der Waals surface area contributed by atoms with Gasteiger partial charge in [-0.25, -0.2) is 4.79 Å². The zero-order valence-electron chi connectivity index (χ0n) is 16.2. The van der Waals surface area contributed by atoms with Crippen molar-refractivity contribution in [3.63, 3.8) is 0 Å². The number of rotatable bonds is 6. The summed E-state index contributed by atoms with van der Waals surface area (Å²) in [7, 11) is 0. The Morgan fingerprint density at radius 1 is 1.11 bits per heavy atom. The number of aryl methyl sites for hydroxylation is 2. The van der Waals surface area contributed by atoms with Gasteiger partial charge in [-0.05, 0) is 72.9 Å². The third-order valence-corrected chi connectivity index (χ3v) is 6.13. The van der Waals surface area contributed by atoms with Gasteiger partial charge in [-0.3, -0.25) is 4.79 Å². The van der Waals surface area contributed by atoms with E-state index < -0.39 is 11.6 Å². The number of carbonyl (C=O) groups is 2. The normalized spacial score (nSPS) is 23.4. The predicted molar refractivity (Wildman–Crippen MR) is 107 cm³/mol. The molecule has 28 heavy (non-hydrogen) atoms. The van der Waals surface area contributed by atoms with Crippen LogP contribution in [0.4, 0.5) is 0 Å². The van der Waals surface area contributed by atoms with E-state index in [1.54, 1.807) is 12.1 Å². The zero-order chi connectivity index (χ0) is 19.7. The van der Waals surface area contributed by atoms with E-state index in [1.165, 1.54) is 17.5 Å². The van der Waals surface area contributed by atoms with E-state index in [0.29, 0.717) is 30.9 Å². The molecule has 4 heteroatoms. The van der Waals surface area contributed by atoms with Crippen molar-refractivity contribution in [1.29, 1.82) is 0 Å². The van der Waals surface area contributed by atoms with Crippen LogP contribution >= 0.6 is 0 Å². The molecule has 0 saturated heterocycles. The molecule has 2 aliphatic rings. The van der Waals surface area contributed by atoms with Gasteiger partial charge in [0.15, 0.2) is 5.78 Å². The molecule has 4 rings (SSSR count). The summed E-state index contributed by atoms with van der Waals surface area (Å²) in [5.41, 5.74) is 3.22. The second kappa shape index (κ2) is 7.42. The first kappa shape index (κ1) is 18.7. The van der Waals surface area contributed by atoms with Crippen molar-refractivity contribution in [3.05, 3.63) is 64.7 Å². The summed E-state index contributed by atoms with van der Waals surface area (Å²) >= 11 is 0. The number of Topliss-reactive ketones (excluding diaryl/α,β-unsaturated/α-hetero) is 1. The molecule has 0 spiro atoms. The van der Waals surface area contributed by atoms with Crippen LogP contribution in [0.15, 0.2) is 42.5 Å². The van der Waals surface area contributed by atoms with Crippen LogP contribution in [0.25, 0.3) is 0 Å². The zero-order valence-corrected chi connectivity index (χ0v) is 16.2. The molecule has 2 unspecified atom stereocenters. The minimum Gasteiger partial charge on any atom is -0.478 e. The lowest BCUT2D eigenvalue weighted by molar-refractivity contribution is -0.155. The minimum absolute atomic E-state index is 0.106. The largest absolute Gasteiger partial charge is 0.478 e. The Bertz CT molecular complexity index is 899. The average molecular weight is 378 g/mol.